The summed E-state index contributed by atoms with van der Waals surface area (Å²) in [5.74, 6) is 2.14. The second kappa shape index (κ2) is 5.10. The summed E-state index contributed by atoms with van der Waals surface area (Å²) < 4.78 is 0. The Labute approximate surface area is 133 Å². The van der Waals surface area contributed by atoms with Crippen LogP contribution in [0.2, 0.25) is 0 Å². The van der Waals surface area contributed by atoms with Crippen molar-refractivity contribution in [3.63, 3.8) is 0 Å². The molecule has 1 N–H and O–H groups in total. The van der Waals surface area contributed by atoms with Crippen molar-refractivity contribution >= 4 is 0 Å². The second-order valence-electron chi connectivity index (χ2n) is 7.92. The van der Waals surface area contributed by atoms with Crippen molar-refractivity contribution in [3.8, 4) is 6.07 Å². The maximum absolute atomic E-state index is 10.4. The van der Waals surface area contributed by atoms with E-state index in [9.17, 15) is 5.11 Å². The van der Waals surface area contributed by atoms with Crippen LogP contribution in [0.3, 0.4) is 0 Å². The van der Waals surface area contributed by atoms with Crippen molar-refractivity contribution in [3.05, 3.63) is 34.9 Å². The van der Waals surface area contributed by atoms with E-state index in [-0.39, 0.29) is 11.5 Å². The molecule has 3 aliphatic rings. The lowest BCUT2D eigenvalue weighted by Crippen LogP contribution is -2.43. The minimum absolute atomic E-state index is 0.0853. The van der Waals surface area contributed by atoms with Crippen LogP contribution in [0.4, 0.5) is 0 Å². The summed E-state index contributed by atoms with van der Waals surface area (Å²) in [6, 6.07) is 8.98. The van der Waals surface area contributed by atoms with Crippen LogP contribution in [0, 0.1) is 28.6 Å². The molecular formula is C20H25NO. The van der Waals surface area contributed by atoms with Crippen molar-refractivity contribution in [2.45, 2.75) is 63.9 Å². The van der Waals surface area contributed by atoms with Gasteiger partial charge in [0, 0.05) is 0 Å². The van der Waals surface area contributed by atoms with Gasteiger partial charge in [-0.25, -0.2) is 0 Å². The molecule has 2 nitrogen and oxygen atoms in total. The van der Waals surface area contributed by atoms with Crippen LogP contribution >= 0.6 is 0 Å². The molecule has 1 unspecified atom stereocenters. The molecule has 0 amide bonds. The normalized spacial score (nSPS) is 39.5. The summed E-state index contributed by atoms with van der Waals surface area (Å²) in [7, 11) is 0. The van der Waals surface area contributed by atoms with Gasteiger partial charge in [0.2, 0.25) is 0 Å². The van der Waals surface area contributed by atoms with Gasteiger partial charge in [0.05, 0.1) is 18.6 Å². The first-order chi connectivity index (χ1) is 10.6. The first kappa shape index (κ1) is 14.3. The quantitative estimate of drug-likeness (QED) is 0.852. The van der Waals surface area contributed by atoms with E-state index in [1.54, 1.807) is 5.56 Å². The van der Waals surface area contributed by atoms with E-state index in [0.29, 0.717) is 18.3 Å². The highest BCUT2D eigenvalue weighted by atomic mass is 16.3. The lowest BCUT2D eigenvalue weighted by atomic mass is 9.55. The molecule has 2 fully saturated rings. The molecule has 1 aromatic carbocycles. The first-order valence-corrected chi connectivity index (χ1v) is 8.80. The van der Waals surface area contributed by atoms with Gasteiger partial charge in [-0.15, -0.1) is 0 Å². The van der Waals surface area contributed by atoms with E-state index in [1.165, 1.54) is 31.2 Å². The van der Waals surface area contributed by atoms with Crippen molar-refractivity contribution in [1.82, 2.24) is 0 Å². The average Bonchev–Trinajstić information content (AvgIpc) is 2.83. The molecule has 0 aromatic heterocycles. The Bertz CT molecular complexity index is 631. The Balaban J connectivity index is 1.66. The minimum Gasteiger partial charge on any atom is -0.393 e. The molecule has 0 radical (unpaired) electrons. The molecule has 2 saturated carbocycles. The van der Waals surface area contributed by atoms with Gasteiger partial charge in [-0.3, -0.25) is 0 Å². The van der Waals surface area contributed by atoms with E-state index >= 15 is 0 Å². The number of benzene rings is 1. The number of nitrogens with zero attached hydrogens (tertiary/aromatic N) is 1. The maximum Gasteiger partial charge on any atom is 0.0669 e. The second-order valence-corrected chi connectivity index (χ2v) is 7.92. The van der Waals surface area contributed by atoms with Gasteiger partial charge in [0.15, 0.2) is 0 Å². The van der Waals surface area contributed by atoms with Crippen LogP contribution in [-0.4, -0.2) is 11.2 Å². The van der Waals surface area contributed by atoms with Crippen LogP contribution in [-0.2, 0) is 12.8 Å². The van der Waals surface area contributed by atoms with E-state index in [1.807, 2.05) is 0 Å². The lowest BCUT2D eigenvalue weighted by Gasteiger charge is -2.50. The zero-order valence-electron chi connectivity index (χ0n) is 13.4. The molecule has 2 heteroatoms. The largest absolute Gasteiger partial charge is 0.393 e. The Kier molecular flexibility index (Phi) is 3.31. The van der Waals surface area contributed by atoms with Crippen LogP contribution in [0.25, 0.3) is 0 Å². The fourth-order valence-electron chi connectivity index (χ4n) is 5.81. The SMILES string of the molecule is C[C@]12CC[C@@H]3c4ccc(CC#N)cc4CC[C@H]3[C@@H]1CCC2O. The van der Waals surface area contributed by atoms with E-state index in [4.69, 9.17) is 5.26 Å². The molecule has 3 aliphatic carbocycles. The minimum atomic E-state index is -0.0853. The number of aryl methyl sites for hydroxylation is 1. The molecule has 4 rings (SSSR count). The Morgan fingerprint density at radius 3 is 2.95 bits per heavy atom. The maximum atomic E-state index is 10.4. The highest BCUT2D eigenvalue weighted by Crippen LogP contribution is 2.60. The number of rotatable bonds is 1. The fraction of sp³-hybridized carbons (Fsp3) is 0.650. The van der Waals surface area contributed by atoms with Crippen molar-refractivity contribution in [2.75, 3.05) is 0 Å². The predicted octanol–water partition coefficient (Wildman–Crippen LogP) is 3.97. The van der Waals surface area contributed by atoms with E-state index in [2.05, 4.69) is 31.2 Å². The van der Waals surface area contributed by atoms with Gasteiger partial charge in [0.1, 0.15) is 0 Å². The van der Waals surface area contributed by atoms with E-state index < -0.39 is 0 Å². The van der Waals surface area contributed by atoms with Crippen LogP contribution < -0.4 is 0 Å². The number of aliphatic hydroxyl groups excluding tert-OH is 1. The van der Waals surface area contributed by atoms with Gasteiger partial charge >= 0.3 is 0 Å². The number of hydrogen-bond donors (Lipinski definition) is 1. The first-order valence-electron chi connectivity index (χ1n) is 8.80. The molecule has 5 atom stereocenters. The Hall–Kier alpha value is -1.33. The highest BCUT2D eigenvalue weighted by Gasteiger charge is 2.54. The van der Waals surface area contributed by atoms with Gasteiger partial charge in [-0.2, -0.15) is 5.26 Å². The molecule has 0 bridgehead atoms. The molecule has 0 saturated heterocycles. The Morgan fingerprint density at radius 2 is 2.14 bits per heavy atom. The third kappa shape index (κ3) is 1.95. The third-order valence-corrected chi connectivity index (χ3v) is 7.02. The summed E-state index contributed by atoms with van der Waals surface area (Å²) in [6.07, 6.45) is 7.45. The molecular weight excluding hydrogens is 270 g/mol. The average molecular weight is 295 g/mol. The fourth-order valence-corrected chi connectivity index (χ4v) is 5.81. The van der Waals surface area contributed by atoms with E-state index in [0.717, 1.165) is 24.3 Å². The van der Waals surface area contributed by atoms with Gasteiger partial charge in [0.25, 0.3) is 0 Å². The Morgan fingerprint density at radius 1 is 1.27 bits per heavy atom. The molecule has 0 heterocycles. The molecule has 1 aromatic rings. The predicted molar refractivity (Wildman–Crippen MR) is 86.4 cm³/mol. The molecule has 116 valence electrons. The summed E-state index contributed by atoms with van der Waals surface area (Å²) in [5, 5.41) is 19.3. The van der Waals surface area contributed by atoms with Gasteiger partial charge in [-0.05, 0) is 78.4 Å². The number of nitriles is 1. The smallest absolute Gasteiger partial charge is 0.0669 e. The van der Waals surface area contributed by atoms with Crippen molar-refractivity contribution < 1.29 is 5.11 Å². The van der Waals surface area contributed by atoms with Crippen molar-refractivity contribution in [1.29, 1.82) is 5.26 Å². The molecule has 0 aliphatic heterocycles. The summed E-state index contributed by atoms with van der Waals surface area (Å²) in [5.41, 5.74) is 4.36. The lowest BCUT2D eigenvalue weighted by molar-refractivity contribution is -0.0226. The summed E-state index contributed by atoms with van der Waals surface area (Å²) in [6.45, 7) is 2.33. The third-order valence-electron chi connectivity index (χ3n) is 7.02. The summed E-state index contributed by atoms with van der Waals surface area (Å²) >= 11 is 0. The summed E-state index contributed by atoms with van der Waals surface area (Å²) in [4.78, 5) is 0. The number of fused-ring (bicyclic) bond motifs is 5. The zero-order valence-corrected chi connectivity index (χ0v) is 13.4. The topological polar surface area (TPSA) is 44.0 Å². The van der Waals surface area contributed by atoms with Crippen LogP contribution in [0.5, 0.6) is 0 Å². The number of hydrogen-bond acceptors (Lipinski definition) is 2. The number of aliphatic hydroxyl groups is 1. The highest BCUT2D eigenvalue weighted by molar-refractivity contribution is 5.39. The van der Waals surface area contributed by atoms with Crippen LogP contribution in [0.1, 0.15) is 61.6 Å². The van der Waals surface area contributed by atoms with Crippen molar-refractivity contribution in [2.24, 2.45) is 17.3 Å². The molecule has 0 spiro atoms. The standard InChI is InChI=1S/C20H25NO/c1-20-10-8-16-15-4-2-13(9-11-21)12-14(15)3-5-17(16)18(20)6-7-19(20)22/h2,4,12,16-19,22H,3,5-10H2,1H3/t16-,17-,18+,19?,20+/m1/s1. The zero-order chi connectivity index (χ0) is 15.3. The van der Waals surface area contributed by atoms with Crippen LogP contribution in [0.15, 0.2) is 18.2 Å². The monoisotopic (exact) mass is 295 g/mol. The van der Waals surface area contributed by atoms with Gasteiger partial charge in [-0.1, -0.05) is 25.1 Å². The van der Waals surface area contributed by atoms with Gasteiger partial charge < -0.3 is 5.11 Å². The molecule has 22 heavy (non-hydrogen) atoms.